The van der Waals surface area contributed by atoms with Gasteiger partial charge in [0, 0.05) is 24.0 Å². The molecule has 2 rings (SSSR count). The Labute approximate surface area is 124 Å². The molecule has 0 aliphatic heterocycles. The number of hydrogen-bond acceptors (Lipinski definition) is 3. The molecule has 0 saturated carbocycles. The molecule has 2 aromatic rings. The summed E-state index contributed by atoms with van der Waals surface area (Å²) in [5.41, 5.74) is 6.74. The second-order valence-electron chi connectivity index (χ2n) is 3.95. The van der Waals surface area contributed by atoms with Crippen LogP contribution in [0, 0.1) is 5.82 Å². The Hall–Kier alpha value is -1.69. The summed E-state index contributed by atoms with van der Waals surface area (Å²) in [4.78, 5) is 16.0. The molecule has 7 heteroatoms. The Balaban J connectivity index is 2.23. The van der Waals surface area contributed by atoms with Gasteiger partial charge in [-0.25, -0.2) is 4.39 Å². The standard InChI is InChI=1S/C13H10Cl2FN3O/c14-10-4-8(5-11(15)12(10)16)19-13(20)7-1-2-18-9(3-7)6-17/h1-5H,6,17H2,(H,19,20). The van der Waals surface area contributed by atoms with Gasteiger partial charge in [0.05, 0.1) is 15.7 Å². The van der Waals surface area contributed by atoms with Gasteiger partial charge in [-0.2, -0.15) is 0 Å². The molecule has 1 heterocycles. The van der Waals surface area contributed by atoms with Crippen molar-refractivity contribution in [2.75, 3.05) is 5.32 Å². The van der Waals surface area contributed by atoms with Crippen LogP contribution in [-0.2, 0) is 6.54 Å². The summed E-state index contributed by atoms with van der Waals surface area (Å²) in [6.45, 7) is 0.231. The summed E-state index contributed by atoms with van der Waals surface area (Å²) in [5, 5.41) is 2.25. The summed E-state index contributed by atoms with van der Waals surface area (Å²) in [6, 6.07) is 5.68. The maximum Gasteiger partial charge on any atom is 0.255 e. The highest BCUT2D eigenvalue weighted by atomic mass is 35.5. The smallest absolute Gasteiger partial charge is 0.255 e. The highest BCUT2D eigenvalue weighted by molar-refractivity contribution is 6.35. The summed E-state index contributed by atoms with van der Waals surface area (Å²) < 4.78 is 13.3. The fourth-order valence-corrected chi connectivity index (χ4v) is 2.05. The number of pyridine rings is 1. The molecule has 20 heavy (non-hydrogen) atoms. The van der Waals surface area contributed by atoms with E-state index < -0.39 is 5.82 Å². The molecule has 0 saturated heterocycles. The van der Waals surface area contributed by atoms with Crippen LogP contribution in [0.1, 0.15) is 16.1 Å². The van der Waals surface area contributed by atoms with E-state index in [2.05, 4.69) is 10.3 Å². The zero-order chi connectivity index (χ0) is 14.7. The number of hydrogen-bond donors (Lipinski definition) is 2. The van der Waals surface area contributed by atoms with Gasteiger partial charge >= 0.3 is 0 Å². The van der Waals surface area contributed by atoms with Crippen molar-refractivity contribution in [1.29, 1.82) is 0 Å². The van der Waals surface area contributed by atoms with Crippen molar-refractivity contribution in [3.8, 4) is 0 Å². The van der Waals surface area contributed by atoms with Crippen LogP contribution in [0.3, 0.4) is 0 Å². The number of amides is 1. The van der Waals surface area contributed by atoms with Crippen LogP contribution in [0.15, 0.2) is 30.5 Å². The van der Waals surface area contributed by atoms with Crippen LogP contribution in [0.2, 0.25) is 10.0 Å². The molecule has 1 aromatic heterocycles. The molecule has 0 spiro atoms. The molecule has 0 aliphatic rings. The van der Waals surface area contributed by atoms with Crippen LogP contribution >= 0.6 is 23.2 Å². The predicted molar refractivity (Wildman–Crippen MR) is 76.5 cm³/mol. The van der Waals surface area contributed by atoms with Gasteiger partial charge in [-0.05, 0) is 24.3 Å². The number of anilines is 1. The number of rotatable bonds is 3. The topological polar surface area (TPSA) is 68.0 Å². The average Bonchev–Trinajstić information content (AvgIpc) is 2.44. The number of nitrogens with zero attached hydrogens (tertiary/aromatic N) is 1. The molecule has 0 unspecified atom stereocenters. The number of carbonyl (C=O) groups is 1. The fraction of sp³-hybridized carbons (Fsp3) is 0.0769. The summed E-state index contributed by atoms with van der Waals surface area (Å²) in [5.74, 6) is -1.11. The van der Waals surface area contributed by atoms with Crippen molar-refractivity contribution in [2.45, 2.75) is 6.54 Å². The second-order valence-corrected chi connectivity index (χ2v) is 4.76. The highest BCUT2D eigenvalue weighted by Gasteiger charge is 2.11. The zero-order valence-corrected chi connectivity index (χ0v) is 11.7. The number of carbonyl (C=O) groups excluding carboxylic acids is 1. The van der Waals surface area contributed by atoms with E-state index in [9.17, 15) is 9.18 Å². The van der Waals surface area contributed by atoms with Crippen LogP contribution in [-0.4, -0.2) is 10.9 Å². The molecular weight excluding hydrogens is 304 g/mol. The van der Waals surface area contributed by atoms with Gasteiger partial charge in [0.2, 0.25) is 0 Å². The first-order chi connectivity index (χ1) is 9.51. The molecule has 0 bridgehead atoms. The van der Waals surface area contributed by atoms with Crippen molar-refractivity contribution in [1.82, 2.24) is 4.98 Å². The lowest BCUT2D eigenvalue weighted by Crippen LogP contribution is -2.13. The van der Waals surface area contributed by atoms with E-state index in [-0.39, 0.29) is 22.5 Å². The molecule has 1 aromatic carbocycles. The van der Waals surface area contributed by atoms with E-state index in [0.29, 0.717) is 16.9 Å². The van der Waals surface area contributed by atoms with Gasteiger partial charge in [-0.15, -0.1) is 0 Å². The minimum Gasteiger partial charge on any atom is -0.325 e. The van der Waals surface area contributed by atoms with Crippen molar-refractivity contribution in [2.24, 2.45) is 5.73 Å². The quantitative estimate of drug-likeness (QED) is 0.855. The SMILES string of the molecule is NCc1cc(C(=O)Nc2cc(Cl)c(F)c(Cl)c2)ccn1. The highest BCUT2D eigenvalue weighted by Crippen LogP contribution is 2.27. The number of halogens is 3. The number of nitrogens with one attached hydrogen (secondary N) is 1. The lowest BCUT2D eigenvalue weighted by molar-refractivity contribution is 0.102. The second kappa shape index (κ2) is 6.17. The number of aromatic nitrogens is 1. The van der Waals surface area contributed by atoms with Gasteiger partial charge in [-0.1, -0.05) is 23.2 Å². The monoisotopic (exact) mass is 313 g/mol. The molecule has 3 N–H and O–H groups in total. The van der Waals surface area contributed by atoms with Crippen molar-refractivity contribution in [3.05, 3.63) is 57.6 Å². The third-order valence-corrected chi connectivity index (χ3v) is 3.08. The van der Waals surface area contributed by atoms with Gasteiger partial charge in [-0.3, -0.25) is 9.78 Å². The summed E-state index contributed by atoms with van der Waals surface area (Å²) in [7, 11) is 0. The largest absolute Gasteiger partial charge is 0.325 e. The van der Waals surface area contributed by atoms with Crippen LogP contribution in [0.4, 0.5) is 10.1 Å². The Morgan fingerprint density at radius 1 is 1.30 bits per heavy atom. The first-order valence-electron chi connectivity index (χ1n) is 5.62. The van der Waals surface area contributed by atoms with E-state index in [4.69, 9.17) is 28.9 Å². The van der Waals surface area contributed by atoms with Crippen LogP contribution in [0.25, 0.3) is 0 Å². The van der Waals surface area contributed by atoms with Crippen LogP contribution < -0.4 is 11.1 Å². The third kappa shape index (κ3) is 3.25. The average molecular weight is 314 g/mol. The van der Waals surface area contributed by atoms with Crippen molar-refractivity contribution in [3.63, 3.8) is 0 Å². The van der Waals surface area contributed by atoms with E-state index in [1.165, 1.54) is 18.3 Å². The van der Waals surface area contributed by atoms with E-state index in [1.807, 2.05) is 0 Å². The fourth-order valence-electron chi connectivity index (χ4n) is 1.56. The molecule has 0 fully saturated rings. The normalized spacial score (nSPS) is 10.4. The molecule has 0 atom stereocenters. The van der Waals surface area contributed by atoms with Gasteiger partial charge in [0.25, 0.3) is 5.91 Å². The maximum atomic E-state index is 13.3. The zero-order valence-electron chi connectivity index (χ0n) is 10.2. The first kappa shape index (κ1) is 14.7. The van der Waals surface area contributed by atoms with Gasteiger partial charge in [0.1, 0.15) is 0 Å². The molecule has 0 aliphatic carbocycles. The molecule has 1 amide bonds. The minimum absolute atomic E-state index is 0.162. The third-order valence-electron chi connectivity index (χ3n) is 2.53. The van der Waals surface area contributed by atoms with Crippen LogP contribution in [0.5, 0.6) is 0 Å². The molecule has 4 nitrogen and oxygen atoms in total. The predicted octanol–water partition coefficient (Wildman–Crippen LogP) is 3.24. The first-order valence-corrected chi connectivity index (χ1v) is 6.37. The minimum atomic E-state index is -0.722. The summed E-state index contributed by atoms with van der Waals surface area (Å²) >= 11 is 11.3. The number of benzene rings is 1. The van der Waals surface area contributed by atoms with E-state index in [0.717, 1.165) is 0 Å². The lowest BCUT2D eigenvalue weighted by Gasteiger charge is -2.08. The summed E-state index contributed by atoms with van der Waals surface area (Å²) in [6.07, 6.45) is 1.49. The Morgan fingerprint density at radius 2 is 1.95 bits per heavy atom. The molecule has 0 radical (unpaired) electrons. The molecular formula is C13H10Cl2FN3O. The molecule has 104 valence electrons. The Kier molecular flexibility index (Phi) is 4.54. The Morgan fingerprint density at radius 3 is 2.55 bits per heavy atom. The maximum absolute atomic E-state index is 13.3. The van der Waals surface area contributed by atoms with Crippen molar-refractivity contribution >= 4 is 34.8 Å². The lowest BCUT2D eigenvalue weighted by atomic mass is 10.2. The van der Waals surface area contributed by atoms with Gasteiger partial charge < -0.3 is 11.1 Å². The number of nitrogens with two attached hydrogens (primary N) is 1. The van der Waals surface area contributed by atoms with Crippen molar-refractivity contribution < 1.29 is 9.18 Å². The Bertz CT molecular complexity index is 641. The van der Waals surface area contributed by atoms with Gasteiger partial charge in [0.15, 0.2) is 5.82 Å². The van der Waals surface area contributed by atoms with E-state index in [1.54, 1.807) is 12.1 Å². The van der Waals surface area contributed by atoms with E-state index >= 15 is 0 Å².